The van der Waals surface area contributed by atoms with E-state index in [0.717, 1.165) is 32.4 Å². The lowest BCUT2D eigenvalue weighted by Crippen LogP contribution is -2.33. The molecule has 0 fully saturated rings. The summed E-state index contributed by atoms with van der Waals surface area (Å²) in [7, 11) is 0. The predicted octanol–water partition coefficient (Wildman–Crippen LogP) is 4.39. The summed E-state index contributed by atoms with van der Waals surface area (Å²) in [6.07, 6.45) is 3.84. The number of hydrogen-bond acceptors (Lipinski definition) is 1. The molecule has 0 spiro atoms. The maximum atomic E-state index is 13.1. The summed E-state index contributed by atoms with van der Waals surface area (Å²) in [6, 6.07) is 12.2. The molecule has 3 nitrogen and oxygen atoms in total. The Bertz CT molecular complexity index is 1080. The first kappa shape index (κ1) is 13.1. The second-order valence-electron chi connectivity index (χ2n) is 6.76. The fourth-order valence-electron chi connectivity index (χ4n) is 3.28. The van der Waals surface area contributed by atoms with Crippen LogP contribution >= 0.6 is 0 Å². The van der Waals surface area contributed by atoms with E-state index in [1.807, 2.05) is 41.2 Å². The molecule has 2 aromatic carbocycles. The number of pyridine rings is 1. The summed E-state index contributed by atoms with van der Waals surface area (Å²) in [5.74, 6) is 0. The Balaban J connectivity index is 2.36. The van der Waals surface area contributed by atoms with Crippen LogP contribution in [-0.2, 0) is 5.54 Å². The van der Waals surface area contributed by atoms with E-state index in [1.165, 1.54) is 0 Å². The number of H-pyrrole nitrogens is 1. The van der Waals surface area contributed by atoms with Gasteiger partial charge >= 0.3 is 0 Å². The van der Waals surface area contributed by atoms with Gasteiger partial charge in [0.05, 0.1) is 10.9 Å². The van der Waals surface area contributed by atoms with E-state index in [0.29, 0.717) is 0 Å². The third-order valence-corrected chi connectivity index (χ3v) is 4.32. The van der Waals surface area contributed by atoms with Crippen LogP contribution in [0, 0.1) is 0 Å². The molecule has 0 aliphatic heterocycles. The fourth-order valence-corrected chi connectivity index (χ4v) is 3.28. The van der Waals surface area contributed by atoms with Crippen LogP contribution in [0.15, 0.2) is 53.6 Å². The second-order valence-corrected chi connectivity index (χ2v) is 6.76. The fraction of sp³-hybridized carbons (Fsp3) is 0.211. The number of aromatic nitrogens is 2. The summed E-state index contributed by atoms with van der Waals surface area (Å²) in [4.78, 5) is 16.4. The monoisotopic (exact) mass is 290 g/mol. The van der Waals surface area contributed by atoms with Crippen LogP contribution < -0.4 is 5.56 Å². The lowest BCUT2D eigenvalue weighted by Gasteiger charge is -2.23. The van der Waals surface area contributed by atoms with Crippen LogP contribution in [-0.4, -0.2) is 9.55 Å². The van der Waals surface area contributed by atoms with Gasteiger partial charge in [0, 0.05) is 28.7 Å². The maximum Gasteiger partial charge on any atom is 0.259 e. The van der Waals surface area contributed by atoms with Crippen LogP contribution in [0.25, 0.3) is 32.4 Å². The Kier molecular flexibility index (Phi) is 2.52. The Morgan fingerprint density at radius 1 is 0.909 bits per heavy atom. The van der Waals surface area contributed by atoms with E-state index in [4.69, 9.17) is 0 Å². The molecule has 0 saturated heterocycles. The lowest BCUT2D eigenvalue weighted by molar-refractivity contribution is 0.386. The Morgan fingerprint density at radius 3 is 2.27 bits per heavy atom. The average molecular weight is 290 g/mol. The SMILES string of the molecule is CC(C)(C)n1ccc2c3cc[nH]c3c3ccccc3c2c1=O. The molecular formula is C19H18N2O. The molecule has 0 aliphatic carbocycles. The molecule has 4 rings (SSSR count). The number of rotatable bonds is 0. The van der Waals surface area contributed by atoms with Gasteiger partial charge in [-0.3, -0.25) is 4.79 Å². The largest absolute Gasteiger partial charge is 0.361 e. The molecule has 22 heavy (non-hydrogen) atoms. The van der Waals surface area contributed by atoms with Crippen molar-refractivity contribution >= 4 is 32.4 Å². The molecule has 0 radical (unpaired) electrons. The summed E-state index contributed by atoms with van der Waals surface area (Å²) < 4.78 is 1.82. The summed E-state index contributed by atoms with van der Waals surface area (Å²) in [5, 5.41) is 5.03. The number of nitrogens with one attached hydrogen (secondary N) is 1. The van der Waals surface area contributed by atoms with Gasteiger partial charge in [0.2, 0.25) is 0 Å². The normalized spacial score (nSPS) is 12.5. The van der Waals surface area contributed by atoms with Crippen LogP contribution in [0.2, 0.25) is 0 Å². The summed E-state index contributed by atoms with van der Waals surface area (Å²) >= 11 is 0. The van der Waals surface area contributed by atoms with Gasteiger partial charge in [0.1, 0.15) is 0 Å². The molecule has 3 heteroatoms. The van der Waals surface area contributed by atoms with Gasteiger partial charge in [0.25, 0.3) is 5.56 Å². The van der Waals surface area contributed by atoms with Crippen LogP contribution in [0.1, 0.15) is 20.8 Å². The van der Waals surface area contributed by atoms with Gasteiger partial charge in [-0.25, -0.2) is 0 Å². The van der Waals surface area contributed by atoms with E-state index < -0.39 is 0 Å². The van der Waals surface area contributed by atoms with Crippen molar-refractivity contribution in [2.75, 3.05) is 0 Å². The van der Waals surface area contributed by atoms with Gasteiger partial charge in [-0.05, 0) is 43.7 Å². The highest BCUT2D eigenvalue weighted by Gasteiger charge is 2.18. The highest BCUT2D eigenvalue weighted by Crippen LogP contribution is 2.32. The maximum absolute atomic E-state index is 13.1. The molecule has 0 bridgehead atoms. The van der Waals surface area contributed by atoms with Gasteiger partial charge in [-0.2, -0.15) is 0 Å². The van der Waals surface area contributed by atoms with Gasteiger partial charge < -0.3 is 9.55 Å². The van der Waals surface area contributed by atoms with Crippen molar-refractivity contribution in [2.45, 2.75) is 26.3 Å². The molecular weight excluding hydrogens is 272 g/mol. The molecule has 0 atom stereocenters. The molecule has 4 aromatic rings. The van der Waals surface area contributed by atoms with Crippen molar-refractivity contribution in [3.05, 3.63) is 59.1 Å². The zero-order valence-electron chi connectivity index (χ0n) is 13.0. The number of aromatic amines is 1. The Morgan fingerprint density at radius 2 is 1.55 bits per heavy atom. The summed E-state index contributed by atoms with van der Waals surface area (Å²) in [6.45, 7) is 6.16. The standard InChI is InChI=1S/C19H18N2O/c1-19(2,3)21-11-9-13-15-8-10-20-17(15)14-7-5-4-6-12(14)16(13)18(21)22/h4-11,20H,1-3H3. The highest BCUT2D eigenvalue weighted by molar-refractivity contribution is 6.24. The molecule has 110 valence electrons. The second kappa shape index (κ2) is 4.23. The first-order chi connectivity index (χ1) is 10.5. The van der Waals surface area contributed by atoms with Crippen LogP contribution in [0.4, 0.5) is 0 Å². The van der Waals surface area contributed by atoms with Gasteiger partial charge in [-0.15, -0.1) is 0 Å². The van der Waals surface area contributed by atoms with E-state index in [9.17, 15) is 4.79 Å². The zero-order chi connectivity index (χ0) is 15.5. The van der Waals surface area contributed by atoms with E-state index in [2.05, 4.69) is 37.9 Å². The average Bonchev–Trinajstić information content (AvgIpc) is 2.96. The minimum atomic E-state index is -0.237. The van der Waals surface area contributed by atoms with Crippen LogP contribution in [0.5, 0.6) is 0 Å². The third kappa shape index (κ3) is 1.65. The lowest BCUT2D eigenvalue weighted by atomic mass is 9.98. The minimum absolute atomic E-state index is 0.0734. The first-order valence-electron chi connectivity index (χ1n) is 7.52. The van der Waals surface area contributed by atoms with Crippen molar-refractivity contribution < 1.29 is 0 Å². The van der Waals surface area contributed by atoms with Crippen molar-refractivity contribution in [1.29, 1.82) is 0 Å². The predicted molar refractivity (Wildman–Crippen MR) is 92.6 cm³/mol. The molecule has 2 heterocycles. The zero-order valence-corrected chi connectivity index (χ0v) is 13.0. The van der Waals surface area contributed by atoms with Gasteiger partial charge in [0.15, 0.2) is 0 Å². The van der Waals surface area contributed by atoms with Crippen molar-refractivity contribution in [1.82, 2.24) is 9.55 Å². The third-order valence-electron chi connectivity index (χ3n) is 4.32. The van der Waals surface area contributed by atoms with E-state index >= 15 is 0 Å². The number of benzene rings is 2. The molecule has 0 unspecified atom stereocenters. The minimum Gasteiger partial charge on any atom is -0.361 e. The molecule has 0 aliphatic rings. The highest BCUT2D eigenvalue weighted by atomic mass is 16.1. The summed E-state index contributed by atoms with van der Waals surface area (Å²) in [5.41, 5.74) is 0.930. The first-order valence-corrected chi connectivity index (χ1v) is 7.52. The van der Waals surface area contributed by atoms with E-state index in [-0.39, 0.29) is 11.1 Å². The topological polar surface area (TPSA) is 37.8 Å². The van der Waals surface area contributed by atoms with Crippen LogP contribution in [0.3, 0.4) is 0 Å². The number of fused-ring (bicyclic) bond motifs is 6. The Hall–Kier alpha value is -2.55. The Labute approximate surface area is 128 Å². The smallest absolute Gasteiger partial charge is 0.259 e. The number of hydrogen-bond donors (Lipinski definition) is 1. The van der Waals surface area contributed by atoms with Gasteiger partial charge in [-0.1, -0.05) is 24.3 Å². The molecule has 1 N–H and O–H groups in total. The molecule has 0 amide bonds. The van der Waals surface area contributed by atoms with E-state index in [1.54, 1.807) is 0 Å². The van der Waals surface area contributed by atoms with Crippen molar-refractivity contribution in [3.8, 4) is 0 Å². The van der Waals surface area contributed by atoms with Crippen molar-refractivity contribution in [3.63, 3.8) is 0 Å². The molecule has 0 saturated carbocycles. The quantitative estimate of drug-likeness (QED) is 0.479. The number of nitrogens with zero attached hydrogens (tertiary/aromatic N) is 1. The molecule has 2 aromatic heterocycles. The van der Waals surface area contributed by atoms with Crippen molar-refractivity contribution in [2.24, 2.45) is 0 Å².